The lowest BCUT2D eigenvalue weighted by Gasteiger charge is -2.29. The second-order valence-electron chi connectivity index (χ2n) is 3.82. The molecular formula is C14H25N3. The van der Waals surface area contributed by atoms with Gasteiger partial charge in [-0.3, -0.25) is 0 Å². The lowest BCUT2D eigenvalue weighted by Crippen LogP contribution is -2.43. The number of nitrogens with zero attached hydrogens (tertiary/aromatic N) is 1. The van der Waals surface area contributed by atoms with Crippen LogP contribution in [-0.4, -0.2) is 32.7 Å². The molecule has 1 heterocycles. The molecule has 3 heteroatoms. The smallest absolute Gasteiger partial charge is 0.0387 e. The predicted octanol–water partition coefficient (Wildman–Crippen LogP) is 2.55. The predicted molar refractivity (Wildman–Crippen MR) is 77.0 cm³/mol. The number of anilines is 2. The molecule has 17 heavy (non-hydrogen) atoms. The number of rotatable bonds is 3. The summed E-state index contributed by atoms with van der Waals surface area (Å²) in [5, 5.41) is 6.71. The Morgan fingerprint density at radius 1 is 1.24 bits per heavy atom. The largest absolute Gasteiger partial charge is 0.385 e. The molecule has 0 saturated carbocycles. The fourth-order valence-electron chi connectivity index (χ4n) is 1.94. The van der Waals surface area contributed by atoms with Gasteiger partial charge >= 0.3 is 0 Å². The average Bonchev–Trinajstić information content (AvgIpc) is 2.43. The van der Waals surface area contributed by atoms with Crippen LogP contribution >= 0.6 is 0 Å². The third-order valence-corrected chi connectivity index (χ3v) is 2.71. The quantitative estimate of drug-likeness (QED) is 0.843. The van der Waals surface area contributed by atoms with Crippen molar-refractivity contribution in [3.05, 3.63) is 24.3 Å². The zero-order valence-corrected chi connectivity index (χ0v) is 11.3. The van der Waals surface area contributed by atoms with Crippen molar-refractivity contribution in [1.82, 2.24) is 5.32 Å². The summed E-state index contributed by atoms with van der Waals surface area (Å²) >= 11 is 0. The molecule has 1 aliphatic heterocycles. The molecule has 0 aliphatic carbocycles. The average molecular weight is 235 g/mol. The van der Waals surface area contributed by atoms with Crippen LogP contribution in [0.25, 0.3) is 0 Å². The van der Waals surface area contributed by atoms with Crippen LogP contribution < -0.4 is 15.5 Å². The van der Waals surface area contributed by atoms with Gasteiger partial charge in [0.05, 0.1) is 0 Å². The van der Waals surface area contributed by atoms with Gasteiger partial charge in [-0.05, 0) is 25.1 Å². The standard InChI is InChI=1S/C12H19N3.C2H6/c1-2-14-11-4-3-5-12(10-11)15-8-6-13-7-9-15;1-2/h3-5,10,13-14H,2,6-9H2,1H3;1-2H3. The minimum atomic E-state index is 0.977. The molecule has 1 aromatic rings. The van der Waals surface area contributed by atoms with Gasteiger partial charge in [-0.15, -0.1) is 0 Å². The van der Waals surface area contributed by atoms with Crippen molar-refractivity contribution in [3.8, 4) is 0 Å². The highest BCUT2D eigenvalue weighted by Crippen LogP contribution is 2.19. The zero-order chi connectivity index (χ0) is 12.5. The minimum Gasteiger partial charge on any atom is -0.385 e. The van der Waals surface area contributed by atoms with E-state index in [1.165, 1.54) is 11.4 Å². The Morgan fingerprint density at radius 3 is 2.59 bits per heavy atom. The van der Waals surface area contributed by atoms with Crippen LogP contribution in [0.5, 0.6) is 0 Å². The molecule has 1 aromatic carbocycles. The maximum atomic E-state index is 3.37. The molecule has 2 N–H and O–H groups in total. The van der Waals surface area contributed by atoms with Crippen LogP contribution in [0.1, 0.15) is 20.8 Å². The van der Waals surface area contributed by atoms with E-state index >= 15 is 0 Å². The zero-order valence-electron chi connectivity index (χ0n) is 11.3. The molecule has 2 rings (SSSR count). The SMILES string of the molecule is CC.CCNc1cccc(N2CCNCC2)c1. The Hall–Kier alpha value is -1.22. The van der Waals surface area contributed by atoms with E-state index in [4.69, 9.17) is 0 Å². The first kappa shape index (κ1) is 13.8. The van der Waals surface area contributed by atoms with Crippen molar-refractivity contribution in [2.45, 2.75) is 20.8 Å². The Labute approximate surface area is 105 Å². The molecular weight excluding hydrogens is 210 g/mol. The summed E-state index contributed by atoms with van der Waals surface area (Å²) in [6.45, 7) is 11.5. The van der Waals surface area contributed by atoms with E-state index in [2.05, 4.69) is 46.7 Å². The van der Waals surface area contributed by atoms with Gasteiger partial charge in [0.25, 0.3) is 0 Å². The molecule has 1 saturated heterocycles. The highest BCUT2D eigenvalue weighted by Gasteiger charge is 2.09. The van der Waals surface area contributed by atoms with Crippen LogP contribution in [0.4, 0.5) is 11.4 Å². The molecule has 3 nitrogen and oxygen atoms in total. The topological polar surface area (TPSA) is 27.3 Å². The summed E-state index contributed by atoms with van der Waals surface area (Å²) in [4.78, 5) is 2.43. The molecule has 0 amide bonds. The summed E-state index contributed by atoms with van der Waals surface area (Å²) in [6, 6.07) is 8.66. The number of hydrogen-bond acceptors (Lipinski definition) is 3. The number of hydrogen-bond donors (Lipinski definition) is 2. The van der Waals surface area contributed by atoms with Crippen molar-refractivity contribution in [1.29, 1.82) is 0 Å². The van der Waals surface area contributed by atoms with Gasteiger partial charge in [-0.25, -0.2) is 0 Å². The molecule has 1 aliphatic rings. The van der Waals surface area contributed by atoms with E-state index in [1.807, 2.05) is 13.8 Å². The molecule has 96 valence electrons. The molecule has 0 bridgehead atoms. The molecule has 0 spiro atoms. The lowest BCUT2D eigenvalue weighted by molar-refractivity contribution is 0.589. The van der Waals surface area contributed by atoms with Crippen molar-refractivity contribution in [3.63, 3.8) is 0 Å². The molecule has 0 unspecified atom stereocenters. The van der Waals surface area contributed by atoms with Crippen LogP contribution in [0.3, 0.4) is 0 Å². The summed E-state index contributed by atoms with van der Waals surface area (Å²) in [5.41, 5.74) is 2.54. The third kappa shape index (κ3) is 4.27. The number of benzene rings is 1. The van der Waals surface area contributed by atoms with Gasteiger partial charge in [0.2, 0.25) is 0 Å². The number of nitrogens with one attached hydrogen (secondary N) is 2. The van der Waals surface area contributed by atoms with Gasteiger partial charge in [0.15, 0.2) is 0 Å². The monoisotopic (exact) mass is 235 g/mol. The molecule has 1 fully saturated rings. The Morgan fingerprint density at radius 2 is 1.94 bits per heavy atom. The normalized spacial score (nSPS) is 14.9. The Balaban J connectivity index is 0.000000686. The van der Waals surface area contributed by atoms with E-state index < -0.39 is 0 Å². The highest BCUT2D eigenvalue weighted by molar-refractivity contribution is 5.58. The van der Waals surface area contributed by atoms with Gasteiger partial charge in [0.1, 0.15) is 0 Å². The Bertz CT molecular complexity index is 306. The summed E-state index contributed by atoms with van der Waals surface area (Å²) in [7, 11) is 0. The van der Waals surface area contributed by atoms with Crippen LogP contribution in [0.15, 0.2) is 24.3 Å². The molecule has 0 aromatic heterocycles. The fraction of sp³-hybridized carbons (Fsp3) is 0.571. The van der Waals surface area contributed by atoms with Crippen molar-refractivity contribution >= 4 is 11.4 Å². The summed E-state index contributed by atoms with van der Waals surface area (Å²) < 4.78 is 0. The molecule has 0 atom stereocenters. The van der Waals surface area contributed by atoms with Crippen molar-refractivity contribution in [2.24, 2.45) is 0 Å². The van der Waals surface area contributed by atoms with Gasteiger partial charge in [0, 0.05) is 44.1 Å². The van der Waals surface area contributed by atoms with Gasteiger partial charge in [-0.2, -0.15) is 0 Å². The van der Waals surface area contributed by atoms with Gasteiger partial charge in [-0.1, -0.05) is 19.9 Å². The maximum absolute atomic E-state index is 3.37. The second-order valence-corrected chi connectivity index (χ2v) is 3.82. The molecule has 0 radical (unpaired) electrons. The first-order chi connectivity index (χ1) is 8.40. The van der Waals surface area contributed by atoms with E-state index in [9.17, 15) is 0 Å². The van der Waals surface area contributed by atoms with E-state index in [1.54, 1.807) is 0 Å². The maximum Gasteiger partial charge on any atom is 0.0387 e. The second kappa shape index (κ2) is 7.96. The number of piperazine rings is 1. The Kier molecular flexibility index (Phi) is 6.48. The van der Waals surface area contributed by atoms with Crippen LogP contribution in [0, 0.1) is 0 Å². The first-order valence-electron chi connectivity index (χ1n) is 6.70. The van der Waals surface area contributed by atoms with Gasteiger partial charge < -0.3 is 15.5 Å². The first-order valence-corrected chi connectivity index (χ1v) is 6.70. The van der Waals surface area contributed by atoms with Crippen molar-refractivity contribution in [2.75, 3.05) is 42.9 Å². The van der Waals surface area contributed by atoms with E-state index in [-0.39, 0.29) is 0 Å². The van der Waals surface area contributed by atoms with Crippen LogP contribution in [0.2, 0.25) is 0 Å². The highest BCUT2D eigenvalue weighted by atomic mass is 15.2. The van der Waals surface area contributed by atoms with Crippen LogP contribution in [-0.2, 0) is 0 Å². The minimum absolute atomic E-state index is 0.977. The van der Waals surface area contributed by atoms with E-state index in [0.717, 1.165) is 32.7 Å². The summed E-state index contributed by atoms with van der Waals surface area (Å²) in [6.07, 6.45) is 0. The lowest BCUT2D eigenvalue weighted by atomic mass is 10.2. The third-order valence-electron chi connectivity index (χ3n) is 2.71. The summed E-state index contributed by atoms with van der Waals surface area (Å²) in [5.74, 6) is 0. The fourth-order valence-corrected chi connectivity index (χ4v) is 1.94. The van der Waals surface area contributed by atoms with Crippen molar-refractivity contribution < 1.29 is 0 Å². The van der Waals surface area contributed by atoms with E-state index in [0.29, 0.717) is 0 Å².